The van der Waals surface area contributed by atoms with Crippen molar-refractivity contribution in [1.82, 2.24) is 4.98 Å². The summed E-state index contributed by atoms with van der Waals surface area (Å²) in [4.78, 5) is 4.99. The van der Waals surface area contributed by atoms with Crippen molar-refractivity contribution >= 4 is 53.9 Å². The number of aryl methyl sites for hydroxylation is 1. The Bertz CT molecular complexity index is 1780. The Balaban J connectivity index is 1.57. The topological polar surface area (TPSA) is 12.9 Å². The zero-order valence-electron chi connectivity index (χ0n) is 17.6. The fourth-order valence-corrected chi connectivity index (χ4v) is 6.11. The van der Waals surface area contributed by atoms with Crippen molar-refractivity contribution in [2.24, 2.45) is 0 Å². The molecule has 0 aliphatic heterocycles. The molecular weight excluding hydrogens is 406 g/mol. The van der Waals surface area contributed by atoms with Crippen LogP contribution >= 0.6 is 11.3 Å². The molecule has 1 nitrogen and oxygen atoms in total. The number of fused-ring (bicyclic) bond motifs is 1. The molecule has 7 aromatic rings. The molecule has 0 aliphatic carbocycles. The van der Waals surface area contributed by atoms with Crippen LogP contribution in [0.15, 0.2) is 97.1 Å². The van der Waals surface area contributed by atoms with Crippen molar-refractivity contribution in [2.75, 3.05) is 0 Å². The molecule has 0 saturated carbocycles. The quantitative estimate of drug-likeness (QED) is 0.252. The van der Waals surface area contributed by atoms with E-state index in [1.54, 1.807) is 11.3 Å². The van der Waals surface area contributed by atoms with E-state index in [9.17, 15) is 0 Å². The van der Waals surface area contributed by atoms with Crippen molar-refractivity contribution < 1.29 is 0 Å². The average molecular weight is 426 g/mol. The van der Waals surface area contributed by atoms with Crippen LogP contribution in [0, 0.1) is 6.92 Å². The van der Waals surface area contributed by atoms with Crippen LogP contribution in [-0.2, 0) is 0 Å². The van der Waals surface area contributed by atoms with Gasteiger partial charge in [0.2, 0.25) is 0 Å². The summed E-state index contributed by atoms with van der Waals surface area (Å²) < 4.78 is 1.25. The first kappa shape index (κ1) is 17.9. The third kappa shape index (κ3) is 2.54. The molecule has 0 N–H and O–H groups in total. The summed E-state index contributed by atoms with van der Waals surface area (Å²) in [6, 6.07) is 35.3. The maximum absolute atomic E-state index is 4.99. The number of aromatic nitrogens is 1. The monoisotopic (exact) mass is 425 g/mol. The Morgan fingerprint density at radius 1 is 0.625 bits per heavy atom. The Hall–Kier alpha value is -3.75. The maximum Gasteiger partial charge on any atom is 0.125 e. The highest BCUT2D eigenvalue weighted by Gasteiger charge is 2.16. The minimum atomic E-state index is 1.08. The van der Waals surface area contributed by atoms with Crippen LogP contribution in [0.3, 0.4) is 0 Å². The Morgan fingerprint density at radius 3 is 2.03 bits per heavy atom. The first-order valence-corrected chi connectivity index (χ1v) is 11.7. The SMILES string of the molecule is Cc1ccc2nc(-c3ccc4ccc5c(-c6ccccc6)ccc6ccc3c4c65)sc2c1. The van der Waals surface area contributed by atoms with Gasteiger partial charge in [0.1, 0.15) is 5.01 Å². The first-order chi connectivity index (χ1) is 15.8. The van der Waals surface area contributed by atoms with Crippen LogP contribution < -0.4 is 0 Å². The number of hydrogen-bond donors (Lipinski definition) is 0. The van der Waals surface area contributed by atoms with Gasteiger partial charge in [-0.15, -0.1) is 11.3 Å². The average Bonchev–Trinajstić information content (AvgIpc) is 3.25. The number of benzene rings is 6. The van der Waals surface area contributed by atoms with E-state index in [1.807, 2.05) is 0 Å². The molecular formula is C30H19NS. The van der Waals surface area contributed by atoms with Crippen molar-refractivity contribution in [3.05, 3.63) is 103 Å². The zero-order valence-corrected chi connectivity index (χ0v) is 18.4. The Morgan fingerprint density at radius 2 is 1.28 bits per heavy atom. The molecule has 0 fully saturated rings. The van der Waals surface area contributed by atoms with Crippen molar-refractivity contribution in [2.45, 2.75) is 6.92 Å². The summed E-state index contributed by atoms with van der Waals surface area (Å²) in [5.41, 5.74) is 6.11. The normalized spacial score (nSPS) is 11.9. The van der Waals surface area contributed by atoms with Crippen LogP contribution in [0.2, 0.25) is 0 Å². The fourth-order valence-electron chi connectivity index (χ4n) is 5.00. The van der Waals surface area contributed by atoms with Gasteiger partial charge in [-0.1, -0.05) is 84.9 Å². The van der Waals surface area contributed by atoms with Crippen molar-refractivity contribution in [3.63, 3.8) is 0 Å². The van der Waals surface area contributed by atoms with Gasteiger partial charge in [0.25, 0.3) is 0 Å². The number of hydrogen-bond acceptors (Lipinski definition) is 2. The molecule has 0 atom stereocenters. The van der Waals surface area contributed by atoms with Gasteiger partial charge >= 0.3 is 0 Å². The largest absolute Gasteiger partial charge is 0.236 e. The Kier molecular flexibility index (Phi) is 3.70. The van der Waals surface area contributed by atoms with Crippen molar-refractivity contribution in [3.8, 4) is 21.7 Å². The molecule has 1 heterocycles. The summed E-state index contributed by atoms with van der Waals surface area (Å²) in [6.07, 6.45) is 0. The molecule has 32 heavy (non-hydrogen) atoms. The molecule has 0 unspecified atom stereocenters. The highest BCUT2D eigenvalue weighted by atomic mass is 32.1. The van der Waals surface area contributed by atoms with Crippen LogP contribution in [-0.4, -0.2) is 4.98 Å². The molecule has 1 aromatic heterocycles. The molecule has 7 rings (SSSR count). The molecule has 0 bridgehead atoms. The lowest BCUT2D eigenvalue weighted by Gasteiger charge is -2.15. The lowest BCUT2D eigenvalue weighted by atomic mass is 9.88. The molecule has 150 valence electrons. The van der Waals surface area contributed by atoms with Gasteiger partial charge in [-0.25, -0.2) is 4.98 Å². The van der Waals surface area contributed by atoms with Gasteiger partial charge in [0.05, 0.1) is 10.2 Å². The van der Waals surface area contributed by atoms with Gasteiger partial charge in [-0.3, -0.25) is 0 Å². The highest BCUT2D eigenvalue weighted by Crippen LogP contribution is 2.43. The van der Waals surface area contributed by atoms with Gasteiger partial charge in [0, 0.05) is 5.56 Å². The minimum Gasteiger partial charge on any atom is -0.236 e. The molecule has 0 spiro atoms. The van der Waals surface area contributed by atoms with Gasteiger partial charge in [0.15, 0.2) is 0 Å². The van der Waals surface area contributed by atoms with E-state index in [2.05, 4.69) is 104 Å². The van der Waals surface area contributed by atoms with Crippen LogP contribution in [0.1, 0.15) is 5.56 Å². The maximum atomic E-state index is 4.99. The van der Waals surface area contributed by atoms with Gasteiger partial charge in [-0.05, 0) is 68.1 Å². The predicted molar refractivity (Wildman–Crippen MR) is 139 cm³/mol. The summed E-state index contributed by atoms with van der Waals surface area (Å²) in [6.45, 7) is 2.14. The van der Waals surface area contributed by atoms with E-state index >= 15 is 0 Å². The lowest BCUT2D eigenvalue weighted by Crippen LogP contribution is -1.89. The van der Waals surface area contributed by atoms with E-state index < -0.39 is 0 Å². The second-order valence-electron chi connectivity index (χ2n) is 8.50. The van der Waals surface area contributed by atoms with Crippen LogP contribution in [0.5, 0.6) is 0 Å². The molecule has 2 heteroatoms. The first-order valence-electron chi connectivity index (χ1n) is 10.9. The second-order valence-corrected chi connectivity index (χ2v) is 9.54. The second kappa shape index (κ2) is 6.62. The molecule has 0 amide bonds. The summed E-state index contributed by atoms with van der Waals surface area (Å²) >= 11 is 1.78. The van der Waals surface area contributed by atoms with Crippen molar-refractivity contribution in [1.29, 1.82) is 0 Å². The fraction of sp³-hybridized carbons (Fsp3) is 0.0333. The number of thiazole rings is 1. The van der Waals surface area contributed by atoms with E-state index in [0.717, 1.165) is 10.5 Å². The lowest BCUT2D eigenvalue weighted by molar-refractivity contribution is 1.46. The Labute approximate surface area is 189 Å². The summed E-state index contributed by atoms with van der Waals surface area (Å²) in [5.74, 6) is 0. The van der Waals surface area contributed by atoms with Crippen LogP contribution in [0.25, 0.3) is 64.2 Å². The highest BCUT2D eigenvalue weighted by molar-refractivity contribution is 7.21. The molecule has 0 saturated heterocycles. The number of rotatable bonds is 2. The summed E-state index contributed by atoms with van der Waals surface area (Å²) in [5, 5.41) is 8.93. The molecule has 6 aromatic carbocycles. The van der Waals surface area contributed by atoms with Gasteiger partial charge < -0.3 is 0 Å². The van der Waals surface area contributed by atoms with Gasteiger partial charge in [-0.2, -0.15) is 0 Å². The van der Waals surface area contributed by atoms with E-state index in [0.29, 0.717) is 0 Å². The van der Waals surface area contributed by atoms with E-state index in [-0.39, 0.29) is 0 Å². The third-order valence-electron chi connectivity index (χ3n) is 6.52. The molecule has 0 radical (unpaired) electrons. The zero-order chi connectivity index (χ0) is 21.2. The minimum absolute atomic E-state index is 1.08. The van der Waals surface area contributed by atoms with E-state index in [4.69, 9.17) is 4.98 Å². The molecule has 0 aliphatic rings. The number of nitrogens with zero attached hydrogens (tertiary/aromatic N) is 1. The smallest absolute Gasteiger partial charge is 0.125 e. The van der Waals surface area contributed by atoms with Crippen LogP contribution in [0.4, 0.5) is 0 Å². The standard InChI is InChI=1S/C30H19NS/c1-18-7-16-26-27(17-18)32-30(31-26)25-15-11-21-9-13-23-22(19-5-3-2-4-6-19)12-8-20-10-14-24(25)29(21)28(20)23/h2-17H,1H3. The third-order valence-corrected chi connectivity index (χ3v) is 7.58. The predicted octanol–water partition coefficient (Wildman–Crippen LogP) is 8.84. The van der Waals surface area contributed by atoms with E-state index in [1.165, 1.54) is 59.3 Å². The summed E-state index contributed by atoms with van der Waals surface area (Å²) in [7, 11) is 0.